The van der Waals surface area contributed by atoms with Gasteiger partial charge in [-0.2, -0.15) is 0 Å². The van der Waals surface area contributed by atoms with Gasteiger partial charge in [-0.05, 0) is 6.42 Å². The first kappa shape index (κ1) is 5.06. The summed E-state index contributed by atoms with van der Waals surface area (Å²) in [6.07, 6.45) is 1.44. The zero-order chi connectivity index (χ0) is 5.11. The van der Waals surface area contributed by atoms with Crippen molar-refractivity contribution in [2.75, 3.05) is 20.3 Å². The number of rotatable bonds is 1. The van der Waals surface area contributed by atoms with Crippen LogP contribution < -0.4 is 0 Å². The Balaban J connectivity index is 2.14. The van der Waals surface area contributed by atoms with Crippen molar-refractivity contribution < 1.29 is 9.47 Å². The molecule has 1 aliphatic heterocycles. The molecule has 0 aromatic carbocycles. The first-order chi connectivity index (χ1) is 3.43. The summed E-state index contributed by atoms with van der Waals surface area (Å²) in [5.41, 5.74) is 0. The Labute approximate surface area is 43.4 Å². The van der Waals surface area contributed by atoms with E-state index in [2.05, 4.69) is 0 Å². The Hall–Kier alpha value is -0.0800. The van der Waals surface area contributed by atoms with E-state index in [1.54, 1.807) is 7.11 Å². The minimum atomic E-state index is 0.375. The van der Waals surface area contributed by atoms with E-state index in [1.165, 1.54) is 0 Å². The second-order valence-electron chi connectivity index (χ2n) is 1.72. The lowest BCUT2D eigenvalue weighted by Crippen LogP contribution is -2.07. The lowest BCUT2D eigenvalue weighted by molar-refractivity contribution is 0.0822. The predicted molar refractivity (Wildman–Crippen MR) is 26.2 cm³/mol. The predicted octanol–water partition coefficient (Wildman–Crippen LogP) is 0.422. The van der Waals surface area contributed by atoms with Crippen molar-refractivity contribution in [1.29, 1.82) is 0 Å². The molecule has 0 amide bonds. The van der Waals surface area contributed by atoms with E-state index in [4.69, 9.17) is 9.47 Å². The van der Waals surface area contributed by atoms with Gasteiger partial charge in [0.15, 0.2) is 0 Å². The molecule has 0 saturated carbocycles. The summed E-state index contributed by atoms with van der Waals surface area (Å²) < 4.78 is 10.0. The average Bonchev–Trinajstić information content (AvgIpc) is 2.14. The van der Waals surface area contributed by atoms with Gasteiger partial charge in [0.1, 0.15) is 0 Å². The molecule has 0 aliphatic carbocycles. The highest BCUT2D eigenvalue weighted by molar-refractivity contribution is 4.60. The van der Waals surface area contributed by atoms with Crippen LogP contribution in [0.5, 0.6) is 0 Å². The summed E-state index contributed by atoms with van der Waals surface area (Å²) in [4.78, 5) is 0. The zero-order valence-corrected chi connectivity index (χ0v) is 4.52. The third-order valence-electron chi connectivity index (χ3n) is 1.22. The van der Waals surface area contributed by atoms with Gasteiger partial charge in [0.05, 0.1) is 12.7 Å². The van der Waals surface area contributed by atoms with Gasteiger partial charge in [-0.25, -0.2) is 0 Å². The molecule has 1 atom stereocenters. The maximum atomic E-state index is 5.02. The van der Waals surface area contributed by atoms with Crippen molar-refractivity contribution in [1.82, 2.24) is 0 Å². The molecule has 0 radical (unpaired) electrons. The number of hydrogen-bond donors (Lipinski definition) is 0. The molecule has 2 heteroatoms. The molecule has 0 unspecified atom stereocenters. The number of ether oxygens (including phenoxy) is 2. The highest BCUT2D eigenvalue weighted by atomic mass is 16.5. The number of hydrogen-bond acceptors (Lipinski definition) is 2. The third kappa shape index (κ3) is 1.14. The monoisotopic (exact) mass is 102 g/mol. The summed E-state index contributed by atoms with van der Waals surface area (Å²) in [5.74, 6) is 0. The van der Waals surface area contributed by atoms with Crippen LogP contribution in [0.2, 0.25) is 0 Å². The molecule has 0 aromatic rings. The van der Waals surface area contributed by atoms with Gasteiger partial charge in [0, 0.05) is 13.7 Å². The molecule has 0 bridgehead atoms. The van der Waals surface area contributed by atoms with Crippen LogP contribution in [0.4, 0.5) is 0 Å². The molecule has 7 heavy (non-hydrogen) atoms. The molecule has 1 saturated heterocycles. The van der Waals surface area contributed by atoms with Crippen LogP contribution in [0.1, 0.15) is 6.42 Å². The van der Waals surface area contributed by atoms with Crippen molar-refractivity contribution in [2.45, 2.75) is 12.5 Å². The van der Waals surface area contributed by atoms with Crippen LogP contribution in [0.3, 0.4) is 0 Å². The largest absolute Gasteiger partial charge is 0.379 e. The maximum absolute atomic E-state index is 5.02. The summed E-state index contributed by atoms with van der Waals surface area (Å²) in [6.45, 7) is 1.66. The fourth-order valence-electron chi connectivity index (χ4n) is 0.699. The maximum Gasteiger partial charge on any atom is 0.0826 e. The quantitative estimate of drug-likeness (QED) is 0.477. The van der Waals surface area contributed by atoms with Gasteiger partial charge in [0.2, 0.25) is 0 Å². The van der Waals surface area contributed by atoms with Gasteiger partial charge in [-0.15, -0.1) is 0 Å². The molecule has 2 nitrogen and oxygen atoms in total. The van der Waals surface area contributed by atoms with E-state index in [0.29, 0.717) is 6.10 Å². The minimum Gasteiger partial charge on any atom is -0.379 e. The van der Waals surface area contributed by atoms with Crippen molar-refractivity contribution in [3.63, 3.8) is 0 Å². The third-order valence-corrected chi connectivity index (χ3v) is 1.22. The smallest absolute Gasteiger partial charge is 0.0826 e. The molecule has 1 heterocycles. The fraction of sp³-hybridized carbons (Fsp3) is 1.00. The molecule has 1 aliphatic rings. The molecule has 1 rings (SSSR count). The van der Waals surface area contributed by atoms with E-state index in [1.807, 2.05) is 0 Å². The molecular formula is C5H10O2. The number of methoxy groups -OCH3 is 1. The van der Waals surface area contributed by atoms with E-state index < -0.39 is 0 Å². The SMILES string of the molecule is CO[C@H]1CCOC1. The Morgan fingerprint density at radius 1 is 1.71 bits per heavy atom. The van der Waals surface area contributed by atoms with E-state index in [9.17, 15) is 0 Å². The van der Waals surface area contributed by atoms with Crippen LogP contribution in [-0.4, -0.2) is 26.4 Å². The normalized spacial score (nSPS) is 31.3. The summed E-state index contributed by atoms with van der Waals surface area (Å²) in [6, 6.07) is 0. The van der Waals surface area contributed by atoms with E-state index in [0.717, 1.165) is 19.6 Å². The minimum absolute atomic E-state index is 0.375. The molecule has 42 valence electrons. The molecule has 0 spiro atoms. The van der Waals surface area contributed by atoms with Gasteiger partial charge in [0.25, 0.3) is 0 Å². The summed E-state index contributed by atoms with van der Waals surface area (Å²) in [7, 11) is 1.72. The van der Waals surface area contributed by atoms with Crippen LogP contribution in [0, 0.1) is 0 Å². The van der Waals surface area contributed by atoms with Crippen molar-refractivity contribution in [3.05, 3.63) is 0 Å². The van der Waals surface area contributed by atoms with Crippen LogP contribution in [0.25, 0.3) is 0 Å². The lowest BCUT2D eigenvalue weighted by atomic mass is 10.3. The average molecular weight is 102 g/mol. The van der Waals surface area contributed by atoms with Crippen LogP contribution >= 0.6 is 0 Å². The molecule has 0 N–H and O–H groups in total. The van der Waals surface area contributed by atoms with Gasteiger partial charge in [-0.1, -0.05) is 0 Å². The van der Waals surface area contributed by atoms with Crippen LogP contribution in [0.15, 0.2) is 0 Å². The van der Waals surface area contributed by atoms with Gasteiger partial charge in [-0.3, -0.25) is 0 Å². The second kappa shape index (κ2) is 2.28. The van der Waals surface area contributed by atoms with Gasteiger partial charge >= 0.3 is 0 Å². The Bertz CT molecular complexity index is 48.0. The Morgan fingerprint density at radius 3 is 2.86 bits per heavy atom. The second-order valence-corrected chi connectivity index (χ2v) is 1.72. The topological polar surface area (TPSA) is 18.5 Å². The standard InChI is InChI=1S/C5H10O2/c1-6-5-2-3-7-4-5/h5H,2-4H2,1H3/t5-/m0/s1. The van der Waals surface area contributed by atoms with Crippen molar-refractivity contribution in [3.8, 4) is 0 Å². The van der Waals surface area contributed by atoms with Crippen molar-refractivity contribution in [2.24, 2.45) is 0 Å². The first-order valence-electron chi connectivity index (χ1n) is 2.54. The fourth-order valence-corrected chi connectivity index (χ4v) is 0.699. The molecule has 0 aromatic heterocycles. The van der Waals surface area contributed by atoms with Crippen LogP contribution in [-0.2, 0) is 9.47 Å². The van der Waals surface area contributed by atoms with E-state index in [-0.39, 0.29) is 0 Å². The molecular weight excluding hydrogens is 92.1 g/mol. The lowest BCUT2D eigenvalue weighted by Gasteiger charge is -2.00. The van der Waals surface area contributed by atoms with E-state index >= 15 is 0 Å². The highest BCUT2D eigenvalue weighted by Gasteiger charge is 2.12. The Kier molecular flexibility index (Phi) is 1.65. The van der Waals surface area contributed by atoms with Gasteiger partial charge < -0.3 is 9.47 Å². The highest BCUT2D eigenvalue weighted by Crippen LogP contribution is 2.05. The summed E-state index contributed by atoms with van der Waals surface area (Å²) >= 11 is 0. The Morgan fingerprint density at radius 2 is 2.57 bits per heavy atom. The molecule has 1 fully saturated rings. The first-order valence-corrected chi connectivity index (χ1v) is 2.54. The summed E-state index contributed by atoms with van der Waals surface area (Å²) in [5, 5.41) is 0. The zero-order valence-electron chi connectivity index (χ0n) is 4.52. The van der Waals surface area contributed by atoms with Crippen molar-refractivity contribution >= 4 is 0 Å².